The van der Waals surface area contributed by atoms with Gasteiger partial charge in [0.1, 0.15) is 65.9 Å². The first-order valence-electron chi connectivity index (χ1n) is 34.3. The molecule has 530 valence electrons. The fourth-order valence-corrected chi connectivity index (χ4v) is 14.7. The van der Waals surface area contributed by atoms with E-state index in [1.807, 2.05) is 60.4 Å². The summed E-state index contributed by atoms with van der Waals surface area (Å²) < 4.78 is 55.8. The second-order valence-corrected chi connectivity index (χ2v) is 27.7. The van der Waals surface area contributed by atoms with Gasteiger partial charge in [0.15, 0.2) is 0 Å². The molecule has 98 heavy (non-hydrogen) atoms. The van der Waals surface area contributed by atoms with Gasteiger partial charge in [0.05, 0.1) is 53.7 Å². The van der Waals surface area contributed by atoms with Gasteiger partial charge in [-0.1, -0.05) is 55.3 Å². The van der Waals surface area contributed by atoms with E-state index in [1.54, 1.807) is 52.1 Å². The average molecular weight is 1380 g/mol. The molecule has 2 aromatic heterocycles. The number of furan rings is 1. The minimum absolute atomic E-state index is 0.00115. The van der Waals surface area contributed by atoms with Crippen molar-refractivity contribution in [2.24, 2.45) is 23.7 Å². The third kappa shape index (κ3) is 17.9. The Morgan fingerprint density at radius 2 is 1.63 bits per heavy atom. The number of nitrogens with zero attached hydrogens (tertiary/aromatic N) is 5. The Balaban J connectivity index is 0.803. The number of Topliss-reactive ketones (excluding diaryl/α,β-unsaturated/α-hetero) is 2. The first-order valence-corrected chi connectivity index (χ1v) is 34.6. The SMILES string of the molecule is CO[C@H]1C/C(C)=C/[C@@H](CCCC(=O)N2CCN(Cc3ccc(-c4ccc5ncnc(Nc6ccc(OCc7cccc(F)c7)c(Cl)c6)c5c4)o3)CC2)C(=O)C[C@H](O)[C@@H](C)[C@@H](/C(C)=C/[C@@H]2CC[C@@H](O)[C@H](OC)C2)OC(=O)[C@@H]2CCCCN2C(=O)C(=O)[C@]2(O)O[C@@H]([C@@H](OC)C[C@H]2C)[C@@H](O)C1. The van der Waals surface area contributed by atoms with Gasteiger partial charge < -0.3 is 68.4 Å². The zero-order chi connectivity index (χ0) is 69.9. The van der Waals surface area contributed by atoms with Crippen molar-refractivity contribution < 1.29 is 81.6 Å². The van der Waals surface area contributed by atoms with E-state index < -0.39 is 96.1 Å². The molecule has 3 saturated heterocycles. The predicted molar refractivity (Wildman–Crippen MR) is 363 cm³/mol. The van der Waals surface area contributed by atoms with Crippen molar-refractivity contribution in [1.29, 1.82) is 0 Å². The minimum Gasteiger partial charge on any atom is -0.487 e. The van der Waals surface area contributed by atoms with Gasteiger partial charge in [0.2, 0.25) is 11.7 Å². The van der Waals surface area contributed by atoms with E-state index in [-0.39, 0.29) is 81.5 Å². The molecule has 22 nitrogen and oxygen atoms in total. The van der Waals surface area contributed by atoms with E-state index in [0.717, 1.165) is 27.2 Å². The van der Waals surface area contributed by atoms with Gasteiger partial charge in [-0.25, -0.2) is 19.2 Å². The first kappa shape index (κ1) is 73.7. The third-order valence-corrected chi connectivity index (χ3v) is 20.6. The lowest BCUT2D eigenvalue weighted by Crippen LogP contribution is -2.64. The number of amides is 2. The Morgan fingerprint density at radius 1 is 0.847 bits per heavy atom. The van der Waals surface area contributed by atoms with Crippen LogP contribution < -0.4 is 10.1 Å². The number of hydrogen-bond donors (Lipinski definition) is 5. The highest BCUT2D eigenvalue weighted by atomic mass is 35.5. The molecule has 0 spiro atoms. The molecule has 24 heteroatoms. The maximum atomic E-state index is 14.8. The quantitative estimate of drug-likeness (QED) is 0.0329. The molecule has 0 radical (unpaired) electrons. The summed E-state index contributed by atoms with van der Waals surface area (Å²) in [6.45, 7) is 9.69. The summed E-state index contributed by atoms with van der Waals surface area (Å²) in [5.41, 5.74) is 4.18. The van der Waals surface area contributed by atoms with Crippen LogP contribution >= 0.6 is 11.6 Å². The lowest BCUT2D eigenvalue weighted by atomic mass is 9.81. The van der Waals surface area contributed by atoms with Crippen molar-refractivity contribution in [2.45, 2.75) is 185 Å². The van der Waals surface area contributed by atoms with Crippen LogP contribution in [0.2, 0.25) is 5.02 Å². The molecular formula is C74H94ClFN6O16. The van der Waals surface area contributed by atoms with Crippen LogP contribution in [0.25, 0.3) is 22.2 Å². The van der Waals surface area contributed by atoms with Crippen LogP contribution in [-0.2, 0) is 60.8 Å². The van der Waals surface area contributed by atoms with E-state index in [9.17, 15) is 48.8 Å². The summed E-state index contributed by atoms with van der Waals surface area (Å²) in [5.74, 6) is -6.98. The van der Waals surface area contributed by atoms with Crippen LogP contribution in [-0.4, -0.2) is 189 Å². The molecule has 5 N–H and O–H groups in total. The van der Waals surface area contributed by atoms with Crippen LogP contribution in [0.3, 0.4) is 0 Å². The highest BCUT2D eigenvalue weighted by Gasteiger charge is 2.56. The average Bonchev–Trinajstić information content (AvgIpc) is 0.878. The Bertz CT molecular complexity index is 3670. The van der Waals surface area contributed by atoms with Gasteiger partial charge in [0.25, 0.3) is 11.7 Å². The molecule has 2 bridgehead atoms. The summed E-state index contributed by atoms with van der Waals surface area (Å²) >= 11 is 6.63. The number of ketones is 2. The summed E-state index contributed by atoms with van der Waals surface area (Å²) in [5, 5.41) is 51.4. The normalized spacial score (nSPS) is 29.9. The van der Waals surface area contributed by atoms with Crippen LogP contribution in [0.5, 0.6) is 5.75 Å². The highest BCUT2D eigenvalue weighted by molar-refractivity contribution is 6.39. The smallest absolute Gasteiger partial charge is 0.329 e. The number of allylic oxidation sites excluding steroid dienone is 2. The molecule has 10 rings (SSSR count). The number of rotatable bonds is 17. The fourth-order valence-electron chi connectivity index (χ4n) is 14.5. The molecule has 3 aromatic carbocycles. The Kier molecular flexibility index (Phi) is 25.1. The van der Waals surface area contributed by atoms with E-state index in [0.29, 0.717) is 116 Å². The number of piperazine rings is 1. The van der Waals surface area contributed by atoms with Gasteiger partial charge >= 0.3 is 5.97 Å². The maximum Gasteiger partial charge on any atom is 0.329 e. The van der Waals surface area contributed by atoms with Crippen LogP contribution in [0.4, 0.5) is 15.9 Å². The van der Waals surface area contributed by atoms with Crippen molar-refractivity contribution in [3.05, 3.63) is 125 Å². The number of nitrogens with one attached hydrogen (secondary N) is 1. The van der Waals surface area contributed by atoms with E-state index >= 15 is 0 Å². The number of hydrogen-bond acceptors (Lipinski definition) is 20. The summed E-state index contributed by atoms with van der Waals surface area (Å²) in [6.07, 6.45) is 0.900. The topological polar surface area (TPSA) is 282 Å². The first-order chi connectivity index (χ1) is 47.0. The van der Waals surface area contributed by atoms with Crippen LogP contribution in [0, 0.1) is 29.5 Å². The summed E-state index contributed by atoms with van der Waals surface area (Å²) in [7, 11) is 4.45. The number of aromatic nitrogens is 2. The number of carbonyl (C=O) groups is 5. The van der Waals surface area contributed by atoms with Crippen molar-refractivity contribution in [2.75, 3.05) is 59.4 Å². The van der Waals surface area contributed by atoms with Crippen molar-refractivity contribution in [3.63, 3.8) is 0 Å². The fraction of sp³-hybridized carbons (Fsp3) is 0.554. The molecule has 1 saturated carbocycles. The Morgan fingerprint density at radius 3 is 2.38 bits per heavy atom. The summed E-state index contributed by atoms with van der Waals surface area (Å²) in [4.78, 5) is 86.7. The predicted octanol–water partition coefficient (Wildman–Crippen LogP) is 9.62. The number of halogens is 2. The highest BCUT2D eigenvalue weighted by Crippen LogP contribution is 2.40. The third-order valence-electron chi connectivity index (χ3n) is 20.3. The number of anilines is 2. The van der Waals surface area contributed by atoms with Gasteiger partial charge in [-0.15, -0.1) is 0 Å². The molecule has 4 aliphatic heterocycles. The number of cyclic esters (lactones) is 1. The van der Waals surface area contributed by atoms with Crippen LogP contribution in [0.1, 0.15) is 122 Å². The molecule has 5 aliphatic rings. The molecule has 6 heterocycles. The minimum atomic E-state index is -2.70. The second-order valence-electron chi connectivity index (χ2n) is 27.3. The number of methoxy groups -OCH3 is 3. The molecule has 1 aliphatic carbocycles. The van der Waals surface area contributed by atoms with E-state index in [2.05, 4.69) is 20.2 Å². The second kappa shape index (κ2) is 33.4. The number of ether oxygens (including phenoxy) is 6. The molecule has 4 fully saturated rings. The van der Waals surface area contributed by atoms with E-state index in [1.165, 1.54) is 32.7 Å². The van der Waals surface area contributed by atoms with E-state index in [4.69, 9.17) is 44.4 Å². The maximum absolute atomic E-state index is 14.8. The number of carbonyl (C=O) groups excluding carboxylic acids is 5. The number of fused-ring (bicyclic) bond motifs is 4. The zero-order valence-corrected chi connectivity index (χ0v) is 57.7. The van der Waals surface area contributed by atoms with Gasteiger partial charge in [-0.2, -0.15) is 0 Å². The Hall–Kier alpha value is -7.03. The molecule has 2 amide bonds. The molecule has 5 aromatic rings. The lowest BCUT2D eigenvalue weighted by molar-refractivity contribution is -0.301. The van der Waals surface area contributed by atoms with Crippen molar-refractivity contribution in [1.82, 2.24) is 24.7 Å². The number of esters is 1. The number of benzene rings is 3. The van der Waals surface area contributed by atoms with Crippen molar-refractivity contribution >= 4 is 63.4 Å². The van der Waals surface area contributed by atoms with Crippen LogP contribution in [0.15, 0.2) is 107 Å². The zero-order valence-electron chi connectivity index (χ0n) is 57.0. The molecular weight excluding hydrogens is 1280 g/mol. The van der Waals surface area contributed by atoms with Gasteiger partial charge in [-0.3, -0.25) is 24.1 Å². The van der Waals surface area contributed by atoms with Gasteiger partial charge in [0, 0.05) is 108 Å². The summed E-state index contributed by atoms with van der Waals surface area (Å²) in [6, 6.07) is 19.9. The Labute approximate surface area is 576 Å². The monoisotopic (exact) mass is 1380 g/mol. The number of aliphatic hydroxyl groups is 4. The van der Waals surface area contributed by atoms with Crippen molar-refractivity contribution in [3.8, 4) is 17.1 Å². The molecule has 14 atom stereocenters. The molecule has 0 unspecified atom stereocenters. The number of piperidine rings is 1. The standard InChI is InChI=1S/C74H94ClFN6O16/c1-43-30-49(13-11-16-67(87)81-28-26-80(27-29-81)40-53-20-24-63(96-53)50-18-21-57-55(36-50)71(78-42-77-57)79-52-19-23-64(56(75)37-52)95-41-48-12-10-14-51(76)34-48)61(85)39-60(84)46(4)68(44(2)32-47-17-22-59(83)65(35-47)93-6)97-73(90)58-15-8-9-25-82(58)72(89)70(88)74(91)45(3)33-66(94-7)69(98-74)62(86)38-54(31-43)92-5/h10,12,14,18-21,23-24,30,32,34,36-37,42,45-47,49,54,58-60,62,65-66,68-69,83-84,86,91H,8-9,11,13,15-17,22,25-29,31,33,35,38-41H2,1-7H3,(H,77,78,79)/b43-30+,44-32+/t45-,46-,47+,49-,54+,58+,59-,60+,62+,65-,66+,68-,69-,74-/m1/s1. The lowest BCUT2D eigenvalue weighted by Gasteiger charge is -2.46. The van der Waals surface area contributed by atoms with Gasteiger partial charge in [-0.05, 0) is 156 Å². The number of aliphatic hydroxyl groups excluding tert-OH is 3. The largest absolute Gasteiger partial charge is 0.487 e.